The van der Waals surface area contributed by atoms with Crippen LogP contribution in [0.3, 0.4) is 0 Å². The molecule has 12 nitrogen and oxygen atoms in total. The lowest BCUT2D eigenvalue weighted by molar-refractivity contribution is -0.130. The van der Waals surface area contributed by atoms with Gasteiger partial charge in [-0.3, -0.25) is 19.6 Å². The molecule has 0 aliphatic carbocycles. The molecule has 8 aromatic rings. The van der Waals surface area contributed by atoms with Gasteiger partial charge in [0, 0.05) is 105 Å². The van der Waals surface area contributed by atoms with Gasteiger partial charge in [0.1, 0.15) is 71.1 Å². The first-order valence-corrected chi connectivity index (χ1v) is 31.0. The van der Waals surface area contributed by atoms with E-state index >= 15 is 26.3 Å². The Morgan fingerprint density at radius 3 is 1.63 bits per heavy atom. The molecule has 91 heavy (non-hydrogen) atoms. The highest BCUT2D eigenvalue weighted by atomic mass is 19.2. The molecule has 0 spiro atoms. The summed E-state index contributed by atoms with van der Waals surface area (Å²) in [5.74, 6) is -8.19. The molecule has 2 saturated heterocycles. The minimum Gasteiger partial charge on any atom is -0.507 e. The molecule has 472 valence electrons. The molecule has 2 fully saturated rings. The average Bonchev–Trinajstić information content (AvgIpc) is 0.713. The van der Waals surface area contributed by atoms with Gasteiger partial charge in [-0.15, -0.1) is 0 Å². The van der Waals surface area contributed by atoms with Crippen LogP contribution in [-0.4, -0.2) is 105 Å². The van der Waals surface area contributed by atoms with Crippen molar-refractivity contribution < 1.29 is 55.6 Å². The number of pyridine rings is 2. The van der Waals surface area contributed by atoms with Gasteiger partial charge in [0.2, 0.25) is 11.8 Å². The fourth-order valence-corrected chi connectivity index (χ4v) is 14.5. The van der Waals surface area contributed by atoms with E-state index in [1.54, 1.807) is 28.1 Å². The maximum absolute atomic E-state index is 18.3. The molecule has 4 aliphatic heterocycles. The fourth-order valence-electron chi connectivity index (χ4n) is 14.5. The van der Waals surface area contributed by atoms with Crippen LogP contribution in [0.15, 0.2) is 85.6 Å². The summed E-state index contributed by atoms with van der Waals surface area (Å²) in [6.45, 7) is 26.1. The summed E-state index contributed by atoms with van der Waals surface area (Å²) in [6, 6.07) is 11.2. The largest absolute Gasteiger partial charge is 0.507 e. The molecule has 4 aliphatic rings. The Morgan fingerprint density at radius 2 is 1.12 bits per heavy atom. The first-order valence-electron chi connectivity index (χ1n) is 31.0. The number of aromatic nitrogens is 2. The molecule has 6 heterocycles. The highest BCUT2D eigenvalue weighted by Gasteiger charge is 2.44. The van der Waals surface area contributed by atoms with Gasteiger partial charge in [-0.05, 0) is 124 Å². The molecule has 0 bridgehead atoms. The molecule has 12 rings (SSSR count). The van der Waals surface area contributed by atoms with E-state index in [4.69, 9.17) is 19.4 Å². The fraction of sp³-hybridized carbons (Fsp3) is 0.342. The van der Waals surface area contributed by atoms with Crippen molar-refractivity contribution in [1.82, 2.24) is 19.8 Å². The minimum absolute atomic E-state index is 0.0133. The first kappa shape index (κ1) is 62.1. The van der Waals surface area contributed by atoms with Crippen molar-refractivity contribution in [2.45, 2.75) is 125 Å². The van der Waals surface area contributed by atoms with Crippen LogP contribution in [0.1, 0.15) is 119 Å². The van der Waals surface area contributed by atoms with Gasteiger partial charge in [-0.25, -0.2) is 26.3 Å². The third kappa shape index (κ3) is 10.1. The topological polar surface area (TPSA) is 132 Å². The second-order valence-electron chi connectivity index (χ2n) is 25.5. The monoisotopic (exact) mass is 1240 g/mol. The Hall–Kier alpha value is -9.06. The quantitative estimate of drug-likeness (QED) is 0.0953. The highest BCUT2D eigenvalue weighted by Crippen LogP contribution is 2.57. The zero-order valence-electron chi connectivity index (χ0n) is 52.8. The van der Waals surface area contributed by atoms with E-state index in [1.165, 1.54) is 48.6 Å². The number of benzene rings is 6. The van der Waals surface area contributed by atoms with Crippen LogP contribution in [0.4, 0.5) is 37.7 Å². The van der Waals surface area contributed by atoms with Gasteiger partial charge < -0.3 is 39.3 Å². The summed E-state index contributed by atoms with van der Waals surface area (Å²) in [7, 11) is 0. The number of phenolic OH excluding ortho intramolecular Hbond substituents is 2. The molecule has 18 heteroatoms. The van der Waals surface area contributed by atoms with Crippen molar-refractivity contribution in [2.75, 3.05) is 49.2 Å². The molecule has 2 aromatic heterocycles. The van der Waals surface area contributed by atoms with E-state index in [0.717, 1.165) is 17.7 Å². The summed E-state index contributed by atoms with van der Waals surface area (Å²) in [6.07, 6.45) is 6.30. The number of ether oxygens (including phenoxy) is 2. The van der Waals surface area contributed by atoms with Gasteiger partial charge in [-0.2, -0.15) is 0 Å². The van der Waals surface area contributed by atoms with Gasteiger partial charge >= 0.3 is 0 Å². The molecule has 2 amide bonds. The minimum atomic E-state index is -1.11. The number of rotatable bonds is 11. The van der Waals surface area contributed by atoms with Crippen molar-refractivity contribution in [1.29, 1.82) is 0 Å². The van der Waals surface area contributed by atoms with Gasteiger partial charge in [0.05, 0.1) is 62.8 Å². The molecule has 0 radical (unpaired) electrons. The van der Waals surface area contributed by atoms with E-state index in [0.29, 0.717) is 91.9 Å². The molecular weight excluding hydrogens is 1170 g/mol. The third-order valence-electron chi connectivity index (χ3n) is 18.7. The summed E-state index contributed by atoms with van der Waals surface area (Å²) < 4.78 is 116. The molecule has 6 aromatic carbocycles. The molecule has 2 N–H and O–H groups in total. The number of piperazine rings is 2. The molecule has 4 atom stereocenters. The lowest BCUT2D eigenvalue weighted by Gasteiger charge is -2.49. The van der Waals surface area contributed by atoms with E-state index in [2.05, 4.69) is 11.5 Å². The number of hydrogen-bond donors (Lipinski definition) is 2. The molecule has 4 unspecified atom stereocenters. The Balaban J connectivity index is 0.946. The number of fused-ring (bicyclic) bond motifs is 10. The summed E-state index contributed by atoms with van der Waals surface area (Å²) in [4.78, 5) is 45.2. The van der Waals surface area contributed by atoms with Crippen LogP contribution in [0, 0.1) is 48.8 Å². The summed E-state index contributed by atoms with van der Waals surface area (Å²) in [5, 5.41) is 22.3. The number of nitrogens with zero attached hydrogens (tertiary/aromatic N) is 6. The number of hydrogen-bond acceptors (Lipinski definition) is 10. The van der Waals surface area contributed by atoms with Crippen molar-refractivity contribution >= 4 is 50.8 Å². The van der Waals surface area contributed by atoms with Crippen molar-refractivity contribution in [3.8, 4) is 67.5 Å². The number of aromatic hydroxyl groups is 2. The number of phenols is 2. The van der Waals surface area contributed by atoms with Crippen LogP contribution >= 0.6 is 0 Å². The number of aryl methyl sites for hydroxylation is 2. The van der Waals surface area contributed by atoms with Crippen LogP contribution in [0.25, 0.3) is 72.1 Å². The predicted octanol–water partition coefficient (Wildman–Crippen LogP) is 15.7. The lowest BCUT2D eigenvalue weighted by Crippen LogP contribution is -2.62. The average molecular weight is 1240 g/mol. The zero-order valence-corrected chi connectivity index (χ0v) is 52.8. The second kappa shape index (κ2) is 23.6. The maximum Gasteiger partial charge on any atom is 0.247 e. The smallest absolute Gasteiger partial charge is 0.247 e. The maximum atomic E-state index is 18.3. The van der Waals surface area contributed by atoms with E-state index in [1.807, 2.05) is 87.1 Å². The third-order valence-corrected chi connectivity index (χ3v) is 18.7. The van der Waals surface area contributed by atoms with Crippen LogP contribution in [0.2, 0.25) is 0 Å². The number of amides is 2. The number of carbonyl (C=O) groups excluding carboxylic acids is 2. The lowest BCUT2D eigenvalue weighted by atomic mass is 9.81. The zero-order chi connectivity index (χ0) is 65.1. The summed E-state index contributed by atoms with van der Waals surface area (Å²) in [5.41, 5.74) is 4.34. The summed E-state index contributed by atoms with van der Waals surface area (Å²) >= 11 is 0. The van der Waals surface area contributed by atoms with Crippen LogP contribution in [-0.2, 0) is 16.0 Å². The predicted molar refractivity (Wildman–Crippen MR) is 344 cm³/mol. The van der Waals surface area contributed by atoms with Gasteiger partial charge in [0.25, 0.3) is 0 Å². The van der Waals surface area contributed by atoms with E-state index < -0.39 is 86.8 Å². The SMILES string of the molecule is C=CC(=O)N1CC2COc3c(CC)c(-c4c(C)cc(/C=C\C(=O)N5CC6COc7c(C(C)C)c(-c8c(C)ccnc8C(C)C)c8c(F)c(-c9c(O)cccc9F)c(F)cc8c7N6CC5C)nc4C(C)C)c4c(F)c(-c5c(O)cccc5F)c(F)cc4c3N2CC1C. The standard InChI is InChI=1S/C73H72F6N6O6/c1-13-44-58(59-45(26-49(76)63(66(59)78)61-47(74)17-15-19-51(61)86)70-72(44)90-32-42-30-82(53(88)14-2)39(11)28-84(42)70)57-38(10)25-41(81-69(57)36(7)8)21-22-54(89)83-31-43-33-91-73-55(34(3)4)65(56-37(9)23-24-80-68(56)35(5)6)60-46(71(73)85(43)29-40(83)12)27-50(77)64(67(60)79)62-48(75)18-16-20-52(62)87/h14-27,34-36,39-40,42-43,86-87H,2,13,28-33H2,1,3-12H3/b22-21-. The Morgan fingerprint density at radius 1 is 0.615 bits per heavy atom. The van der Waals surface area contributed by atoms with E-state index in [-0.39, 0.29) is 90.0 Å². The number of carbonyl (C=O) groups is 2. The second-order valence-corrected chi connectivity index (χ2v) is 25.5. The Kier molecular flexibility index (Phi) is 16.1. The van der Waals surface area contributed by atoms with Crippen molar-refractivity contribution in [2.24, 2.45) is 0 Å². The molecule has 0 saturated carbocycles. The molecular formula is C73H72F6N6O6. The van der Waals surface area contributed by atoms with Crippen LogP contribution in [0.5, 0.6) is 23.0 Å². The van der Waals surface area contributed by atoms with E-state index in [9.17, 15) is 19.8 Å². The number of anilines is 2. The van der Waals surface area contributed by atoms with Gasteiger partial charge in [-0.1, -0.05) is 67.2 Å². The highest BCUT2D eigenvalue weighted by molar-refractivity contribution is 6.13. The number of halogens is 6. The Bertz CT molecular complexity index is 4370. The van der Waals surface area contributed by atoms with Crippen LogP contribution < -0.4 is 19.3 Å². The van der Waals surface area contributed by atoms with Gasteiger partial charge in [0.15, 0.2) is 0 Å². The normalized spacial score (nSPS) is 18.1. The Labute approximate surface area is 525 Å². The van der Waals surface area contributed by atoms with Crippen molar-refractivity contribution in [3.05, 3.63) is 160 Å². The first-order chi connectivity index (χ1) is 43.4. The van der Waals surface area contributed by atoms with Crippen molar-refractivity contribution in [3.63, 3.8) is 0 Å².